The van der Waals surface area contributed by atoms with Gasteiger partial charge in [0.1, 0.15) is 0 Å². The highest BCUT2D eigenvalue weighted by Gasteiger charge is 2.39. The summed E-state index contributed by atoms with van der Waals surface area (Å²) < 4.78 is 5.87. The van der Waals surface area contributed by atoms with Crippen LogP contribution in [-0.4, -0.2) is 12.7 Å². The highest BCUT2D eigenvalue weighted by molar-refractivity contribution is 5.34. The van der Waals surface area contributed by atoms with E-state index in [-0.39, 0.29) is 5.60 Å². The summed E-state index contributed by atoms with van der Waals surface area (Å²) in [5.74, 6) is 0.499. The lowest BCUT2D eigenvalue weighted by Gasteiger charge is -2.42. The molecule has 0 heterocycles. The number of rotatable bonds is 4. The maximum Gasteiger partial charge on any atom is 0.0950 e. The van der Waals surface area contributed by atoms with E-state index in [4.69, 9.17) is 4.74 Å². The minimum absolute atomic E-state index is 0.0468. The molecule has 0 aromatic heterocycles. The Kier molecular flexibility index (Phi) is 4.15. The van der Waals surface area contributed by atoms with Crippen LogP contribution in [-0.2, 0) is 4.74 Å². The van der Waals surface area contributed by atoms with Crippen molar-refractivity contribution in [3.63, 3.8) is 0 Å². The molecule has 0 amide bonds. The van der Waals surface area contributed by atoms with Crippen molar-refractivity contribution < 1.29 is 4.74 Å². The molecule has 0 fully saturated rings. The molecule has 0 radical (unpaired) electrons. The molecule has 2 unspecified atom stereocenters. The van der Waals surface area contributed by atoms with Crippen LogP contribution < -0.4 is 0 Å². The fourth-order valence-electron chi connectivity index (χ4n) is 2.71. The number of hydrogen-bond acceptors (Lipinski definition) is 1. The van der Waals surface area contributed by atoms with Crippen molar-refractivity contribution >= 4 is 0 Å². The fourth-order valence-corrected chi connectivity index (χ4v) is 2.71. The molecule has 2 atom stereocenters. The van der Waals surface area contributed by atoms with Crippen molar-refractivity contribution in [2.24, 2.45) is 5.92 Å². The van der Waals surface area contributed by atoms with Crippen LogP contribution in [0.15, 0.2) is 23.3 Å². The third-order valence-corrected chi connectivity index (χ3v) is 3.88. The maximum atomic E-state index is 5.87. The van der Waals surface area contributed by atoms with Crippen molar-refractivity contribution in [3.05, 3.63) is 23.3 Å². The zero-order valence-corrected chi connectivity index (χ0v) is 10.8. The normalized spacial score (nSPS) is 31.1. The molecule has 0 spiro atoms. The first-order chi connectivity index (χ1) is 7.12. The molecular formula is C14H24O. The van der Waals surface area contributed by atoms with Gasteiger partial charge in [0, 0.05) is 13.0 Å². The minimum Gasteiger partial charge on any atom is -0.373 e. The average Bonchev–Trinajstić information content (AvgIpc) is 2.25. The van der Waals surface area contributed by atoms with Gasteiger partial charge in [-0.2, -0.15) is 0 Å². The van der Waals surface area contributed by atoms with Crippen LogP contribution >= 0.6 is 0 Å². The van der Waals surface area contributed by atoms with Crippen LogP contribution in [0.1, 0.15) is 47.0 Å². The second-order valence-corrected chi connectivity index (χ2v) is 4.52. The van der Waals surface area contributed by atoms with Gasteiger partial charge in [0.25, 0.3) is 0 Å². The smallest absolute Gasteiger partial charge is 0.0950 e. The fraction of sp³-hybridized carbons (Fsp3) is 0.714. The van der Waals surface area contributed by atoms with Crippen LogP contribution in [0.4, 0.5) is 0 Å². The van der Waals surface area contributed by atoms with Gasteiger partial charge < -0.3 is 4.74 Å². The summed E-state index contributed by atoms with van der Waals surface area (Å²) in [5.41, 5.74) is 2.85. The summed E-state index contributed by atoms with van der Waals surface area (Å²) in [4.78, 5) is 0. The highest BCUT2D eigenvalue weighted by atomic mass is 16.5. The Bertz CT molecular complexity index is 269. The predicted octanol–water partition coefficient (Wildman–Crippen LogP) is 4.10. The number of hydrogen-bond donors (Lipinski definition) is 0. The molecule has 0 aromatic carbocycles. The van der Waals surface area contributed by atoms with Gasteiger partial charge in [-0.05, 0) is 25.3 Å². The van der Waals surface area contributed by atoms with E-state index in [2.05, 4.69) is 39.8 Å². The summed E-state index contributed by atoms with van der Waals surface area (Å²) >= 11 is 0. The summed E-state index contributed by atoms with van der Waals surface area (Å²) in [6.07, 6.45) is 7.92. The second kappa shape index (κ2) is 4.98. The van der Waals surface area contributed by atoms with Crippen LogP contribution in [0, 0.1) is 5.92 Å². The molecular weight excluding hydrogens is 184 g/mol. The molecule has 0 N–H and O–H groups in total. The Morgan fingerprint density at radius 3 is 2.47 bits per heavy atom. The molecule has 0 saturated heterocycles. The Balaban J connectivity index is 3.08. The zero-order chi connectivity index (χ0) is 11.5. The molecule has 1 nitrogen and oxygen atoms in total. The van der Waals surface area contributed by atoms with Gasteiger partial charge in [-0.3, -0.25) is 0 Å². The van der Waals surface area contributed by atoms with E-state index in [0.29, 0.717) is 5.92 Å². The molecule has 1 aliphatic carbocycles. The first kappa shape index (κ1) is 12.5. The Morgan fingerprint density at radius 2 is 2.00 bits per heavy atom. The Labute approximate surface area is 94.2 Å². The summed E-state index contributed by atoms with van der Waals surface area (Å²) in [7, 11) is 1.85. The van der Waals surface area contributed by atoms with E-state index in [0.717, 1.165) is 12.8 Å². The van der Waals surface area contributed by atoms with Gasteiger partial charge in [0.15, 0.2) is 0 Å². The zero-order valence-electron chi connectivity index (χ0n) is 10.8. The topological polar surface area (TPSA) is 9.23 Å². The van der Waals surface area contributed by atoms with E-state index in [1.54, 1.807) is 0 Å². The minimum atomic E-state index is -0.0468. The van der Waals surface area contributed by atoms with E-state index >= 15 is 0 Å². The molecule has 0 bridgehead atoms. The van der Waals surface area contributed by atoms with Crippen molar-refractivity contribution in [2.45, 2.75) is 52.6 Å². The standard InChI is InChI=1S/C14H24O/c1-6-8-13-10-9-11(3)12(4)14(13,7-2)15-5/h9-10,12H,6-8H2,1-5H3. The van der Waals surface area contributed by atoms with Crippen molar-refractivity contribution in [3.8, 4) is 0 Å². The number of ether oxygens (including phenoxy) is 1. The van der Waals surface area contributed by atoms with Gasteiger partial charge in [0.2, 0.25) is 0 Å². The van der Waals surface area contributed by atoms with Crippen LogP contribution in [0.25, 0.3) is 0 Å². The van der Waals surface area contributed by atoms with Gasteiger partial charge >= 0.3 is 0 Å². The van der Waals surface area contributed by atoms with E-state index in [1.165, 1.54) is 17.6 Å². The van der Waals surface area contributed by atoms with Gasteiger partial charge in [-0.25, -0.2) is 0 Å². The average molecular weight is 208 g/mol. The number of allylic oxidation sites excluding steroid dienone is 2. The lowest BCUT2D eigenvalue weighted by atomic mass is 9.72. The molecule has 1 aliphatic rings. The van der Waals surface area contributed by atoms with Crippen molar-refractivity contribution in [2.75, 3.05) is 7.11 Å². The Morgan fingerprint density at radius 1 is 1.33 bits per heavy atom. The quantitative estimate of drug-likeness (QED) is 0.675. The van der Waals surface area contributed by atoms with Crippen LogP contribution in [0.2, 0.25) is 0 Å². The molecule has 0 aliphatic heterocycles. The second-order valence-electron chi connectivity index (χ2n) is 4.52. The van der Waals surface area contributed by atoms with Crippen molar-refractivity contribution in [1.29, 1.82) is 0 Å². The third kappa shape index (κ3) is 2.03. The van der Waals surface area contributed by atoms with Gasteiger partial charge in [-0.15, -0.1) is 0 Å². The molecule has 0 aromatic rings. The van der Waals surface area contributed by atoms with Crippen molar-refractivity contribution in [1.82, 2.24) is 0 Å². The molecule has 86 valence electrons. The molecule has 1 rings (SSSR count). The van der Waals surface area contributed by atoms with E-state index in [1.807, 2.05) is 7.11 Å². The lowest BCUT2D eigenvalue weighted by molar-refractivity contribution is -0.0177. The largest absolute Gasteiger partial charge is 0.373 e. The van der Waals surface area contributed by atoms with Crippen LogP contribution in [0.3, 0.4) is 0 Å². The first-order valence-corrected chi connectivity index (χ1v) is 6.05. The maximum absolute atomic E-state index is 5.87. The summed E-state index contributed by atoms with van der Waals surface area (Å²) in [6, 6.07) is 0. The SMILES string of the molecule is CCCC1=CC=C(C)C(C)C1(CC)OC. The third-order valence-electron chi connectivity index (χ3n) is 3.88. The monoisotopic (exact) mass is 208 g/mol. The Hall–Kier alpha value is -0.560. The van der Waals surface area contributed by atoms with Crippen LogP contribution in [0.5, 0.6) is 0 Å². The first-order valence-electron chi connectivity index (χ1n) is 6.05. The number of methoxy groups -OCH3 is 1. The van der Waals surface area contributed by atoms with Gasteiger partial charge in [0.05, 0.1) is 5.60 Å². The highest BCUT2D eigenvalue weighted by Crippen LogP contribution is 2.41. The molecule has 1 heteroatoms. The predicted molar refractivity (Wildman–Crippen MR) is 65.9 cm³/mol. The molecule has 15 heavy (non-hydrogen) atoms. The summed E-state index contributed by atoms with van der Waals surface area (Å²) in [6.45, 7) is 8.93. The van der Waals surface area contributed by atoms with E-state index in [9.17, 15) is 0 Å². The molecule has 0 saturated carbocycles. The van der Waals surface area contributed by atoms with Gasteiger partial charge in [-0.1, -0.05) is 44.9 Å². The summed E-state index contributed by atoms with van der Waals surface area (Å²) in [5, 5.41) is 0. The lowest BCUT2D eigenvalue weighted by Crippen LogP contribution is -2.42. The van der Waals surface area contributed by atoms with E-state index < -0.39 is 0 Å².